The van der Waals surface area contributed by atoms with Crippen LogP contribution in [-0.4, -0.2) is 35.3 Å². The molecule has 4 rings (SSSR count). The van der Waals surface area contributed by atoms with Crippen LogP contribution in [-0.2, 0) is 13.1 Å². The maximum Gasteiger partial charge on any atom is 0.170 e. The molecule has 1 aliphatic rings. The number of hydrogen-bond acceptors (Lipinski definition) is 3. The number of nitrogens with one attached hydrogen (secondary N) is 1. The van der Waals surface area contributed by atoms with Gasteiger partial charge in [0, 0.05) is 31.5 Å². The first-order valence-electron chi connectivity index (χ1n) is 9.66. The maximum absolute atomic E-state index is 5.81. The van der Waals surface area contributed by atoms with Crippen LogP contribution in [0.4, 0.5) is 0 Å². The Hall–Kier alpha value is -2.99. The van der Waals surface area contributed by atoms with Crippen molar-refractivity contribution in [2.45, 2.75) is 19.1 Å². The summed E-state index contributed by atoms with van der Waals surface area (Å²) < 4.78 is 13.2. The van der Waals surface area contributed by atoms with E-state index in [1.807, 2.05) is 30.3 Å². The first-order chi connectivity index (χ1) is 14.2. The standard InChI is InChI=1S/C23H25N3O2S/c1-27-20-11-10-18(15-21(20)28-2)22-19-9-6-12-25(19)13-14-26(22)23(29)24-16-17-7-4-3-5-8-17/h3-12,15,22H,13-14,16H2,1-2H3,(H,24,29)/t22-/m0/s1. The first kappa shape index (κ1) is 19.3. The van der Waals surface area contributed by atoms with Gasteiger partial charge in [0.1, 0.15) is 0 Å². The lowest BCUT2D eigenvalue weighted by atomic mass is 9.99. The topological polar surface area (TPSA) is 38.7 Å². The summed E-state index contributed by atoms with van der Waals surface area (Å²) in [5, 5.41) is 4.19. The molecule has 2 aromatic carbocycles. The van der Waals surface area contributed by atoms with Gasteiger partial charge in [-0.05, 0) is 47.6 Å². The minimum absolute atomic E-state index is 0.00864. The second-order valence-corrected chi connectivity index (χ2v) is 7.37. The number of aromatic nitrogens is 1. The number of hydrogen-bond donors (Lipinski definition) is 1. The molecule has 150 valence electrons. The first-order valence-corrected chi connectivity index (χ1v) is 10.1. The van der Waals surface area contributed by atoms with Crippen molar-refractivity contribution in [1.82, 2.24) is 14.8 Å². The molecule has 0 bridgehead atoms. The minimum Gasteiger partial charge on any atom is -0.493 e. The van der Waals surface area contributed by atoms with Gasteiger partial charge in [0.05, 0.1) is 20.3 Å². The van der Waals surface area contributed by atoms with Crippen molar-refractivity contribution in [3.63, 3.8) is 0 Å². The average Bonchev–Trinajstić information content (AvgIpc) is 3.26. The number of benzene rings is 2. The SMILES string of the molecule is COc1ccc([C@H]2c3cccn3CCN2C(=S)NCc2ccccc2)cc1OC. The lowest BCUT2D eigenvalue weighted by Gasteiger charge is -2.39. The largest absolute Gasteiger partial charge is 0.493 e. The van der Waals surface area contributed by atoms with E-state index in [4.69, 9.17) is 21.7 Å². The van der Waals surface area contributed by atoms with Crippen LogP contribution >= 0.6 is 12.2 Å². The zero-order valence-corrected chi connectivity index (χ0v) is 17.5. The Labute approximate surface area is 176 Å². The van der Waals surface area contributed by atoms with Crippen molar-refractivity contribution in [2.75, 3.05) is 20.8 Å². The second-order valence-electron chi connectivity index (χ2n) is 6.98. The molecule has 0 amide bonds. The van der Waals surface area contributed by atoms with Crippen LogP contribution in [0.15, 0.2) is 66.9 Å². The van der Waals surface area contributed by atoms with E-state index in [1.54, 1.807) is 14.2 Å². The molecule has 5 nitrogen and oxygen atoms in total. The molecule has 1 atom stereocenters. The quantitative estimate of drug-likeness (QED) is 0.648. The molecule has 0 saturated heterocycles. The Kier molecular flexibility index (Phi) is 5.71. The highest BCUT2D eigenvalue weighted by molar-refractivity contribution is 7.80. The van der Waals surface area contributed by atoms with E-state index in [9.17, 15) is 0 Å². The van der Waals surface area contributed by atoms with E-state index >= 15 is 0 Å². The number of thiocarbonyl (C=S) groups is 1. The van der Waals surface area contributed by atoms with Gasteiger partial charge < -0.3 is 24.3 Å². The van der Waals surface area contributed by atoms with Gasteiger partial charge in [-0.2, -0.15) is 0 Å². The van der Waals surface area contributed by atoms with Crippen LogP contribution in [0.3, 0.4) is 0 Å². The molecular formula is C23H25N3O2S. The normalized spacial score (nSPS) is 15.5. The number of rotatable bonds is 5. The molecule has 0 aliphatic carbocycles. The van der Waals surface area contributed by atoms with E-state index in [0.29, 0.717) is 6.54 Å². The highest BCUT2D eigenvalue weighted by Gasteiger charge is 2.31. The maximum atomic E-state index is 5.81. The zero-order valence-electron chi connectivity index (χ0n) is 16.7. The van der Waals surface area contributed by atoms with E-state index in [1.165, 1.54) is 11.3 Å². The summed E-state index contributed by atoms with van der Waals surface area (Å²) in [6.07, 6.45) is 2.13. The molecule has 1 aliphatic heterocycles. The van der Waals surface area contributed by atoms with Gasteiger partial charge in [-0.25, -0.2) is 0 Å². The molecule has 0 radical (unpaired) electrons. The number of ether oxygens (including phenoxy) is 2. The number of fused-ring (bicyclic) bond motifs is 1. The van der Waals surface area contributed by atoms with E-state index in [-0.39, 0.29) is 6.04 Å². The van der Waals surface area contributed by atoms with Gasteiger partial charge in [-0.1, -0.05) is 36.4 Å². The van der Waals surface area contributed by atoms with Crippen molar-refractivity contribution >= 4 is 17.3 Å². The van der Waals surface area contributed by atoms with Crippen molar-refractivity contribution < 1.29 is 9.47 Å². The van der Waals surface area contributed by atoms with Gasteiger partial charge >= 0.3 is 0 Å². The predicted molar refractivity (Wildman–Crippen MR) is 118 cm³/mol. The van der Waals surface area contributed by atoms with E-state index in [0.717, 1.165) is 35.3 Å². The summed E-state index contributed by atoms with van der Waals surface area (Å²) in [5.74, 6) is 1.44. The van der Waals surface area contributed by atoms with Crippen LogP contribution in [0.1, 0.15) is 22.9 Å². The average molecular weight is 408 g/mol. The third-order valence-corrected chi connectivity index (χ3v) is 5.69. The number of methoxy groups -OCH3 is 2. The van der Waals surface area contributed by atoms with Crippen molar-refractivity contribution in [1.29, 1.82) is 0 Å². The Morgan fingerprint density at radius 2 is 1.79 bits per heavy atom. The molecule has 2 heterocycles. The third kappa shape index (κ3) is 3.93. The van der Waals surface area contributed by atoms with Crippen LogP contribution in [0, 0.1) is 0 Å². The van der Waals surface area contributed by atoms with Gasteiger partial charge in [0.15, 0.2) is 16.6 Å². The molecule has 29 heavy (non-hydrogen) atoms. The molecular weight excluding hydrogens is 382 g/mol. The highest BCUT2D eigenvalue weighted by Crippen LogP contribution is 2.37. The van der Waals surface area contributed by atoms with Crippen molar-refractivity contribution in [3.05, 3.63) is 83.7 Å². The molecule has 0 unspecified atom stereocenters. The van der Waals surface area contributed by atoms with E-state index in [2.05, 4.69) is 51.3 Å². The smallest absolute Gasteiger partial charge is 0.170 e. The zero-order chi connectivity index (χ0) is 20.2. The second kappa shape index (κ2) is 8.57. The van der Waals surface area contributed by atoms with Gasteiger partial charge in [0.25, 0.3) is 0 Å². The Bertz CT molecular complexity index is 987. The molecule has 0 spiro atoms. The number of nitrogens with zero attached hydrogens (tertiary/aromatic N) is 2. The monoisotopic (exact) mass is 407 g/mol. The van der Waals surface area contributed by atoms with Crippen LogP contribution < -0.4 is 14.8 Å². The molecule has 6 heteroatoms. The minimum atomic E-state index is 0.00864. The van der Waals surface area contributed by atoms with Crippen LogP contribution in [0.2, 0.25) is 0 Å². The summed E-state index contributed by atoms with van der Waals surface area (Å²) in [6, 6.07) is 20.6. The molecule has 3 aromatic rings. The Morgan fingerprint density at radius 3 is 2.55 bits per heavy atom. The molecule has 1 N–H and O–H groups in total. The van der Waals surface area contributed by atoms with Gasteiger partial charge in [-0.15, -0.1) is 0 Å². The summed E-state index contributed by atoms with van der Waals surface area (Å²) in [7, 11) is 3.31. The lowest BCUT2D eigenvalue weighted by molar-refractivity contribution is 0.284. The fraction of sp³-hybridized carbons (Fsp3) is 0.261. The third-order valence-electron chi connectivity index (χ3n) is 5.31. The van der Waals surface area contributed by atoms with Crippen molar-refractivity contribution in [3.8, 4) is 11.5 Å². The Morgan fingerprint density at radius 1 is 1.00 bits per heavy atom. The van der Waals surface area contributed by atoms with Crippen LogP contribution in [0.25, 0.3) is 0 Å². The fourth-order valence-electron chi connectivity index (χ4n) is 3.85. The van der Waals surface area contributed by atoms with Crippen molar-refractivity contribution in [2.24, 2.45) is 0 Å². The summed E-state index contributed by atoms with van der Waals surface area (Å²) >= 11 is 5.81. The summed E-state index contributed by atoms with van der Waals surface area (Å²) in [4.78, 5) is 2.26. The lowest BCUT2D eigenvalue weighted by Crippen LogP contribution is -2.46. The fourth-order valence-corrected chi connectivity index (χ4v) is 4.12. The van der Waals surface area contributed by atoms with Gasteiger partial charge in [-0.3, -0.25) is 0 Å². The summed E-state index contributed by atoms with van der Waals surface area (Å²) in [5.41, 5.74) is 3.54. The molecule has 1 aromatic heterocycles. The van der Waals surface area contributed by atoms with Gasteiger partial charge in [0.2, 0.25) is 0 Å². The highest BCUT2D eigenvalue weighted by atomic mass is 32.1. The van der Waals surface area contributed by atoms with E-state index < -0.39 is 0 Å². The predicted octanol–water partition coefficient (Wildman–Crippen LogP) is 3.99. The molecule has 0 fully saturated rings. The summed E-state index contributed by atoms with van der Waals surface area (Å²) in [6.45, 7) is 2.44. The van der Waals surface area contributed by atoms with Crippen LogP contribution in [0.5, 0.6) is 11.5 Å². The Balaban J connectivity index is 1.63. The molecule has 0 saturated carbocycles.